The number of nitrogens with zero attached hydrogens (tertiary/aromatic N) is 3. The monoisotopic (exact) mass is 1260 g/mol. The van der Waals surface area contributed by atoms with Crippen LogP contribution in [0, 0.1) is 26.1 Å². The second-order valence-corrected chi connectivity index (χ2v) is 24.6. The molecular formula is C56H81N9O24. The van der Waals surface area contributed by atoms with E-state index in [1.807, 2.05) is 0 Å². The number of aliphatic hydroxyl groups is 5. The number of hydrogen-bond acceptors (Lipinski definition) is 24. The Morgan fingerprint density at radius 3 is 1.62 bits per heavy atom. The van der Waals surface area contributed by atoms with Crippen LogP contribution in [-0.2, 0) is 60.7 Å². The zero-order chi connectivity index (χ0) is 66.5. The van der Waals surface area contributed by atoms with Crippen LogP contribution in [0.25, 0.3) is 0 Å². The predicted octanol–water partition coefficient (Wildman–Crippen LogP) is 1.91. The highest BCUT2D eigenvalue weighted by Gasteiger charge is 2.57. The van der Waals surface area contributed by atoms with Gasteiger partial charge in [0.25, 0.3) is 23.2 Å². The second kappa shape index (κ2) is 30.3. The molecule has 1 saturated heterocycles. The minimum atomic E-state index is -2.11. The molecule has 2 heterocycles. The maximum absolute atomic E-state index is 14.1. The topological polar surface area (TPSA) is 456 Å². The van der Waals surface area contributed by atoms with Crippen molar-refractivity contribution >= 4 is 53.7 Å². The number of nitro groups is 2. The number of hydrogen-bond donors (Lipinski definition) is 11. The fraction of sp³-hybridized carbons (Fsp3) is 0.625. The smallest absolute Gasteiger partial charge is 0.410 e. The number of nitrogens with one attached hydrogen (secondary N) is 6. The highest BCUT2D eigenvalue weighted by molar-refractivity contribution is 5.82. The van der Waals surface area contributed by atoms with Crippen LogP contribution in [-0.4, -0.2) is 205 Å². The summed E-state index contributed by atoms with van der Waals surface area (Å²) in [4.78, 5) is 116. The molecule has 2 aromatic rings. The molecule has 33 nitrogen and oxygen atoms in total. The van der Waals surface area contributed by atoms with E-state index in [2.05, 4.69) is 31.9 Å². The second-order valence-electron chi connectivity index (χ2n) is 24.6. The third-order valence-electron chi connectivity index (χ3n) is 13.6. The van der Waals surface area contributed by atoms with Crippen molar-refractivity contribution in [3.05, 3.63) is 91.7 Å². The van der Waals surface area contributed by atoms with Gasteiger partial charge in [-0.2, -0.15) is 0 Å². The van der Waals surface area contributed by atoms with Crippen molar-refractivity contribution in [3.63, 3.8) is 0 Å². The van der Waals surface area contributed by atoms with Gasteiger partial charge in [0.15, 0.2) is 6.29 Å². The van der Waals surface area contributed by atoms with Crippen LogP contribution >= 0.6 is 0 Å². The fourth-order valence-electron chi connectivity index (χ4n) is 9.63. The Labute approximate surface area is 511 Å². The molecule has 2 aliphatic heterocycles. The molecule has 7 amide bonds. The van der Waals surface area contributed by atoms with Gasteiger partial charge in [0.1, 0.15) is 71.9 Å². The number of alkyl carbamates (subject to hydrolysis) is 4. The molecule has 11 N–H and O–H groups in total. The first kappa shape index (κ1) is 71.5. The van der Waals surface area contributed by atoms with Gasteiger partial charge in [-0.3, -0.25) is 29.8 Å². The number of non-ortho nitro benzene ring substituents is 2. The van der Waals surface area contributed by atoms with Gasteiger partial charge >= 0.3 is 30.5 Å². The van der Waals surface area contributed by atoms with E-state index in [4.69, 9.17) is 37.9 Å². The molecule has 0 aromatic heterocycles. The number of rotatable bonds is 21. The lowest BCUT2D eigenvalue weighted by Gasteiger charge is -2.52. The lowest BCUT2D eigenvalue weighted by molar-refractivity contribution is -0.385. The van der Waals surface area contributed by atoms with Crippen LogP contribution in [0.5, 0.6) is 0 Å². The van der Waals surface area contributed by atoms with Gasteiger partial charge < -0.3 is 100 Å². The summed E-state index contributed by atoms with van der Waals surface area (Å²) < 4.78 is 45.8. The number of benzene rings is 2. The summed E-state index contributed by atoms with van der Waals surface area (Å²) >= 11 is 0. The standard InChI is InChI=1S/C56H81N9O24/c1-53(2,3)87-48(72)58-24-37(66)45(70)57-23-33-20-21-34(61-50(74)82-26-29-12-16-31(17-13-29)64(78)79)42(85-33)39-35(62-51(75)83-27-30-14-18-32(19-15-30)65(80)81)22-36(60-46(71)38(67)25-59-49(73)88-54(4,5)6)43(40(39)68)86-47-41(69)44(56(10,77)28-84-47)63(11)52(76)89-55(7,8)9/h12-20,34-44,47,66-69,77H,21-28H2,1-11H3,(H,57,70)(H,58,72)(H,59,73)(H,60,71)(H,61,74)(H,62,75)/t34-,35+,36-,37?,38+,39?,40+,41-,42+,43+,44-,47-,56+/m1/s1. The van der Waals surface area contributed by atoms with Crippen LogP contribution in [0.15, 0.2) is 60.4 Å². The molecule has 2 aromatic carbocycles. The van der Waals surface area contributed by atoms with E-state index in [1.165, 1.54) is 68.6 Å². The molecule has 33 heteroatoms. The van der Waals surface area contributed by atoms with E-state index in [1.54, 1.807) is 62.3 Å². The van der Waals surface area contributed by atoms with Gasteiger partial charge in [0, 0.05) is 43.3 Å². The summed E-state index contributed by atoms with van der Waals surface area (Å²) in [7, 11) is 1.23. The van der Waals surface area contributed by atoms with Crippen LogP contribution in [0.2, 0.25) is 0 Å². The number of ether oxygens (including phenoxy) is 8. The molecule has 1 aliphatic carbocycles. The Morgan fingerprint density at radius 1 is 0.674 bits per heavy atom. The first-order valence-corrected chi connectivity index (χ1v) is 28.2. The van der Waals surface area contributed by atoms with E-state index < -0.39 is 193 Å². The molecular weight excluding hydrogens is 1180 g/mol. The Hall–Kier alpha value is -8.21. The summed E-state index contributed by atoms with van der Waals surface area (Å²) in [5.74, 6) is -3.89. The third-order valence-corrected chi connectivity index (χ3v) is 13.6. The Kier molecular flexibility index (Phi) is 24.4. The van der Waals surface area contributed by atoms with Crippen LogP contribution in [0.4, 0.5) is 35.3 Å². The summed E-state index contributed by atoms with van der Waals surface area (Å²) in [6.07, 6.45) is -17.9. The zero-order valence-electron chi connectivity index (χ0n) is 51.1. The molecule has 13 atom stereocenters. The van der Waals surface area contributed by atoms with Gasteiger partial charge in [0.2, 0.25) is 0 Å². The maximum Gasteiger partial charge on any atom is 0.410 e. The average molecular weight is 1260 g/mol. The van der Waals surface area contributed by atoms with E-state index in [0.717, 1.165) is 4.90 Å². The van der Waals surface area contributed by atoms with E-state index in [-0.39, 0.29) is 29.1 Å². The molecule has 2 unspecified atom stereocenters. The molecule has 494 valence electrons. The van der Waals surface area contributed by atoms with Gasteiger partial charge in [-0.15, -0.1) is 0 Å². The Balaban J connectivity index is 1.58. The van der Waals surface area contributed by atoms with Crippen LogP contribution in [0.3, 0.4) is 0 Å². The SMILES string of the molecule is CN(C(=O)OC(C)(C)C)[C@@H]1[C@@H](O)[C@@H](O[C@H]2[C@H](NC(=O)[C@@H](O)CNC(=O)OC(C)(C)C)C[C@H](NC(=O)OCc3ccc([N+](=O)[O-])cc3)C([C@H]3OC(CNC(=O)C(O)CNC(=O)OC(C)(C)C)=CC[C@H]3NC(=O)OCc3ccc([N+](=O)[O-])cc3)[C@@H]2O)OC[C@]1(C)O. The van der Waals surface area contributed by atoms with Crippen molar-refractivity contribution in [3.8, 4) is 0 Å². The fourth-order valence-corrected chi connectivity index (χ4v) is 9.63. The van der Waals surface area contributed by atoms with Gasteiger partial charge in [-0.25, -0.2) is 24.0 Å². The van der Waals surface area contributed by atoms with Crippen molar-refractivity contribution in [1.29, 1.82) is 0 Å². The Morgan fingerprint density at radius 2 is 1.15 bits per heavy atom. The average Bonchev–Trinajstić information content (AvgIpc) is 0.793. The minimum absolute atomic E-state index is 0.0746. The summed E-state index contributed by atoms with van der Waals surface area (Å²) in [5, 5.41) is 96.3. The molecule has 0 bridgehead atoms. The molecule has 2 fully saturated rings. The highest BCUT2D eigenvalue weighted by Crippen LogP contribution is 2.39. The maximum atomic E-state index is 14.1. The van der Waals surface area contributed by atoms with Crippen molar-refractivity contribution in [2.45, 2.75) is 185 Å². The van der Waals surface area contributed by atoms with Crippen molar-refractivity contribution in [1.82, 2.24) is 36.8 Å². The highest BCUT2D eigenvalue weighted by atomic mass is 16.7. The molecule has 89 heavy (non-hydrogen) atoms. The van der Waals surface area contributed by atoms with Gasteiger partial charge in [-0.1, -0.05) is 0 Å². The number of nitro benzene ring substituents is 2. The van der Waals surface area contributed by atoms with Gasteiger partial charge in [-0.05, 0) is 124 Å². The van der Waals surface area contributed by atoms with E-state index in [9.17, 15) is 79.3 Å². The van der Waals surface area contributed by atoms with Gasteiger partial charge in [0.05, 0.1) is 60.3 Å². The van der Waals surface area contributed by atoms with Crippen LogP contribution < -0.4 is 31.9 Å². The summed E-state index contributed by atoms with van der Waals surface area (Å²) in [6.45, 7) is 12.2. The van der Waals surface area contributed by atoms with Crippen LogP contribution in [0.1, 0.15) is 93.2 Å². The lowest BCUT2D eigenvalue weighted by Crippen LogP contribution is -2.71. The molecule has 3 aliphatic rings. The lowest BCUT2D eigenvalue weighted by atomic mass is 9.72. The number of amides is 7. The molecule has 1 saturated carbocycles. The first-order valence-electron chi connectivity index (χ1n) is 28.2. The first-order chi connectivity index (χ1) is 41.3. The van der Waals surface area contributed by atoms with E-state index >= 15 is 0 Å². The minimum Gasteiger partial charge on any atom is -0.491 e. The summed E-state index contributed by atoms with van der Waals surface area (Å²) in [6, 6.07) is 4.09. The third kappa shape index (κ3) is 21.8. The zero-order valence-corrected chi connectivity index (χ0v) is 51.1. The molecule has 0 spiro atoms. The van der Waals surface area contributed by atoms with Crippen molar-refractivity contribution < 1.29 is 107 Å². The van der Waals surface area contributed by atoms with Crippen molar-refractivity contribution in [2.24, 2.45) is 5.92 Å². The number of carbonyl (C=O) groups is 7. The molecule has 0 radical (unpaired) electrons. The summed E-state index contributed by atoms with van der Waals surface area (Å²) in [5.41, 5.74) is -4.84. The van der Waals surface area contributed by atoms with Crippen molar-refractivity contribution in [2.75, 3.05) is 33.3 Å². The molecule has 5 rings (SSSR count). The number of aliphatic hydroxyl groups excluding tert-OH is 4. The number of likely N-dealkylation sites (N-methyl/N-ethyl adjacent to an activating group) is 1. The Bertz CT molecular complexity index is 2860. The number of carbonyl (C=O) groups excluding carboxylic acids is 7. The quantitative estimate of drug-likeness (QED) is 0.0483. The predicted molar refractivity (Wildman–Crippen MR) is 307 cm³/mol. The normalized spacial score (nSPS) is 25.1. The van der Waals surface area contributed by atoms with E-state index in [0.29, 0.717) is 5.56 Å². The largest absolute Gasteiger partial charge is 0.491 e.